The van der Waals surface area contributed by atoms with Gasteiger partial charge in [0.25, 0.3) is 0 Å². The molecule has 0 bridgehead atoms. The van der Waals surface area contributed by atoms with Gasteiger partial charge in [-0.3, -0.25) is 0 Å². The lowest BCUT2D eigenvalue weighted by atomic mass is 9.99. The summed E-state index contributed by atoms with van der Waals surface area (Å²) in [6, 6.07) is 9.14. The van der Waals surface area contributed by atoms with Crippen molar-refractivity contribution in [2.45, 2.75) is 37.9 Å². The molecule has 2 saturated carbocycles. The fourth-order valence-corrected chi connectivity index (χ4v) is 3.79. The van der Waals surface area contributed by atoms with Crippen molar-refractivity contribution in [1.29, 1.82) is 0 Å². The van der Waals surface area contributed by atoms with Crippen LogP contribution in [0, 0.1) is 5.92 Å². The Morgan fingerprint density at radius 2 is 1.84 bits per heavy atom. The number of fused-ring (bicyclic) bond motifs is 1. The Morgan fingerprint density at radius 3 is 2.52 bits per heavy atom. The van der Waals surface area contributed by atoms with Crippen LogP contribution in [0.15, 0.2) is 30.3 Å². The average Bonchev–Trinajstić information content (AvgIpc) is 3.72. The van der Waals surface area contributed by atoms with Gasteiger partial charge in [-0.15, -0.1) is 0 Å². The number of hydrogen-bond donors (Lipinski definition) is 0. The van der Waals surface area contributed by atoms with Crippen LogP contribution in [0.25, 0.3) is 11.1 Å². The number of ether oxygens (including phenoxy) is 5. The summed E-state index contributed by atoms with van der Waals surface area (Å²) in [6.45, 7) is 0.688. The van der Waals surface area contributed by atoms with E-state index in [-0.39, 0.29) is 18.5 Å². The molecule has 2 aliphatic carbocycles. The highest BCUT2D eigenvalue weighted by Gasteiger charge is 2.55. The maximum Gasteiger partial charge on any atom is 0.350 e. The summed E-state index contributed by atoms with van der Waals surface area (Å²) >= 11 is 0. The highest BCUT2D eigenvalue weighted by atomic mass is 16.6. The first-order chi connectivity index (χ1) is 15.0. The third kappa shape index (κ3) is 3.58. The van der Waals surface area contributed by atoms with Crippen molar-refractivity contribution in [2.75, 3.05) is 20.8 Å². The number of methoxy groups -OCH3 is 2. The molecule has 0 aromatic heterocycles. The number of carbonyl (C=O) groups is 2. The second kappa shape index (κ2) is 7.48. The summed E-state index contributed by atoms with van der Waals surface area (Å²) in [5.41, 5.74) is 1.94. The van der Waals surface area contributed by atoms with Crippen molar-refractivity contribution in [3.63, 3.8) is 0 Å². The van der Waals surface area contributed by atoms with E-state index in [0.29, 0.717) is 48.2 Å². The predicted octanol–water partition coefficient (Wildman–Crippen LogP) is 3.91. The third-order valence-corrected chi connectivity index (χ3v) is 6.02. The molecule has 31 heavy (non-hydrogen) atoms. The minimum absolute atomic E-state index is 0.239. The monoisotopic (exact) mass is 424 g/mol. The summed E-state index contributed by atoms with van der Waals surface area (Å²) in [5, 5.41) is 0. The zero-order valence-corrected chi connectivity index (χ0v) is 17.6. The molecule has 7 heteroatoms. The second-order valence-electron chi connectivity index (χ2n) is 8.26. The van der Waals surface area contributed by atoms with E-state index in [0.717, 1.165) is 29.5 Å². The Balaban J connectivity index is 1.52. The maximum absolute atomic E-state index is 12.8. The number of hydrogen-bond acceptors (Lipinski definition) is 7. The molecule has 2 aromatic rings. The molecule has 3 aliphatic rings. The number of carbonyl (C=O) groups excluding carboxylic acids is 2. The average molecular weight is 424 g/mol. The van der Waals surface area contributed by atoms with Gasteiger partial charge in [0.05, 0.1) is 26.4 Å². The third-order valence-electron chi connectivity index (χ3n) is 6.02. The van der Waals surface area contributed by atoms with E-state index in [4.69, 9.17) is 23.7 Å². The standard InChI is InChI=1S/C24H24O7/c1-27-19-8-7-17(15-5-6-18-16(11-15)13-29-22(18)25)20(21(19)28-2)31-24(9-10-24)23(26)30-12-14-3-4-14/h5-8,11,14H,3-4,9-10,12-13H2,1-2H3. The number of benzene rings is 2. The summed E-state index contributed by atoms with van der Waals surface area (Å²) < 4.78 is 28.1. The van der Waals surface area contributed by atoms with Crippen LogP contribution in [0.4, 0.5) is 0 Å². The Bertz CT molecular complexity index is 1050. The normalized spacial score (nSPS) is 18.1. The van der Waals surface area contributed by atoms with E-state index in [9.17, 15) is 9.59 Å². The molecule has 0 saturated heterocycles. The van der Waals surface area contributed by atoms with Gasteiger partial charge in [-0.25, -0.2) is 9.59 Å². The first-order valence-corrected chi connectivity index (χ1v) is 10.5. The van der Waals surface area contributed by atoms with Crippen LogP contribution in [0.1, 0.15) is 41.6 Å². The molecule has 0 atom stereocenters. The van der Waals surface area contributed by atoms with Crippen molar-refractivity contribution in [2.24, 2.45) is 5.92 Å². The molecule has 7 nitrogen and oxygen atoms in total. The van der Waals surface area contributed by atoms with Gasteiger partial charge in [-0.1, -0.05) is 6.07 Å². The molecule has 2 fully saturated rings. The zero-order valence-electron chi connectivity index (χ0n) is 17.6. The van der Waals surface area contributed by atoms with Crippen LogP contribution in [0.3, 0.4) is 0 Å². The van der Waals surface area contributed by atoms with Crippen LogP contribution in [-0.2, 0) is 20.9 Å². The van der Waals surface area contributed by atoms with Crippen molar-refractivity contribution < 1.29 is 33.3 Å². The molecular formula is C24H24O7. The van der Waals surface area contributed by atoms with Crippen molar-refractivity contribution >= 4 is 11.9 Å². The largest absolute Gasteiger partial charge is 0.493 e. The van der Waals surface area contributed by atoms with Gasteiger partial charge in [-0.2, -0.15) is 0 Å². The van der Waals surface area contributed by atoms with E-state index in [2.05, 4.69) is 0 Å². The molecule has 0 unspecified atom stereocenters. The van der Waals surface area contributed by atoms with Crippen LogP contribution >= 0.6 is 0 Å². The number of esters is 2. The van der Waals surface area contributed by atoms with E-state index >= 15 is 0 Å². The smallest absolute Gasteiger partial charge is 0.350 e. The topological polar surface area (TPSA) is 80.3 Å². The lowest BCUT2D eigenvalue weighted by Crippen LogP contribution is -2.32. The molecular weight excluding hydrogens is 400 g/mol. The molecule has 0 N–H and O–H groups in total. The summed E-state index contributed by atoms with van der Waals surface area (Å²) in [4.78, 5) is 24.6. The van der Waals surface area contributed by atoms with Crippen molar-refractivity contribution in [3.05, 3.63) is 41.5 Å². The van der Waals surface area contributed by atoms with Gasteiger partial charge in [0, 0.05) is 24.0 Å². The highest BCUT2D eigenvalue weighted by molar-refractivity contribution is 5.94. The van der Waals surface area contributed by atoms with Gasteiger partial charge in [0.2, 0.25) is 11.4 Å². The molecule has 1 aliphatic heterocycles. The van der Waals surface area contributed by atoms with E-state index in [1.165, 1.54) is 7.11 Å². The van der Waals surface area contributed by atoms with Gasteiger partial charge in [-0.05, 0) is 48.6 Å². The fraction of sp³-hybridized carbons (Fsp3) is 0.417. The summed E-state index contributed by atoms with van der Waals surface area (Å²) in [6.07, 6.45) is 3.39. The van der Waals surface area contributed by atoms with Crippen LogP contribution in [0.2, 0.25) is 0 Å². The summed E-state index contributed by atoms with van der Waals surface area (Å²) in [5.74, 6) is 1.17. The van der Waals surface area contributed by atoms with E-state index in [1.54, 1.807) is 19.2 Å². The van der Waals surface area contributed by atoms with Crippen LogP contribution in [0.5, 0.6) is 17.2 Å². The Labute approximate surface area is 180 Å². The van der Waals surface area contributed by atoms with Crippen molar-refractivity contribution in [1.82, 2.24) is 0 Å². The van der Waals surface area contributed by atoms with E-state index in [1.807, 2.05) is 18.2 Å². The van der Waals surface area contributed by atoms with Gasteiger partial charge < -0.3 is 23.7 Å². The number of cyclic esters (lactones) is 1. The molecule has 0 spiro atoms. The first kappa shape index (κ1) is 19.7. The van der Waals surface area contributed by atoms with Crippen LogP contribution in [-0.4, -0.2) is 38.4 Å². The lowest BCUT2D eigenvalue weighted by molar-refractivity contribution is -0.154. The second-order valence-corrected chi connectivity index (χ2v) is 8.26. The SMILES string of the molecule is COc1ccc(-c2ccc3c(c2)COC3=O)c(OC2(C(=O)OCC3CC3)CC2)c1OC. The summed E-state index contributed by atoms with van der Waals surface area (Å²) in [7, 11) is 3.09. The Hall–Kier alpha value is -3.22. The van der Waals surface area contributed by atoms with Crippen LogP contribution < -0.4 is 14.2 Å². The zero-order chi connectivity index (χ0) is 21.6. The van der Waals surface area contributed by atoms with Gasteiger partial charge >= 0.3 is 11.9 Å². The number of rotatable bonds is 8. The fourth-order valence-electron chi connectivity index (χ4n) is 3.79. The predicted molar refractivity (Wildman–Crippen MR) is 110 cm³/mol. The quantitative estimate of drug-likeness (QED) is 0.595. The maximum atomic E-state index is 12.8. The van der Waals surface area contributed by atoms with Gasteiger partial charge in [0.15, 0.2) is 11.5 Å². The van der Waals surface area contributed by atoms with E-state index < -0.39 is 5.60 Å². The minimum Gasteiger partial charge on any atom is -0.493 e. The Kier molecular flexibility index (Phi) is 4.76. The lowest BCUT2D eigenvalue weighted by Gasteiger charge is -2.22. The minimum atomic E-state index is -1.00. The molecule has 2 aromatic carbocycles. The van der Waals surface area contributed by atoms with Crippen molar-refractivity contribution in [3.8, 4) is 28.4 Å². The highest BCUT2D eigenvalue weighted by Crippen LogP contribution is 2.51. The first-order valence-electron chi connectivity index (χ1n) is 10.5. The molecule has 1 heterocycles. The molecule has 5 rings (SSSR count). The molecule has 162 valence electrons. The molecule has 0 radical (unpaired) electrons. The molecule has 0 amide bonds. The van der Waals surface area contributed by atoms with Gasteiger partial charge in [0.1, 0.15) is 6.61 Å². The Morgan fingerprint density at radius 1 is 1.06 bits per heavy atom.